The second-order valence-electron chi connectivity index (χ2n) is 5.04. The number of thiazole rings is 1. The van der Waals surface area contributed by atoms with Crippen LogP contribution in [0.2, 0.25) is 5.02 Å². The number of aromatic nitrogens is 3. The zero-order valence-electron chi connectivity index (χ0n) is 12.2. The number of anilines is 2. The Morgan fingerprint density at radius 1 is 1.04 bits per heavy atom. The summed E-state index contributed by atoms with van der Waals surface area (Å²) in [5, 5.41) is 4.62. The van der Waals surface area contributed by atoms with E-state index in [0.717, 1.165) is 21.1 Å². The normalized spacial score (nSPS) is 10.9. The highest BCUT2D eigenvalue weighted by Gasteiger charge is 2.12. The first-order valence-corrected chi connectivity index (χ1v) is 8.28. The fourth-order valence-electron chi connectivity index (χ4n) is 2.26. The quantitative estimate of drug-likeness (QED) is 0.542. The lowest BCUT2D eigenvalue weighted by atomic mass is 10.2. The van der Waals surface area contributed by atoms with Gasteiger partial charge in [-0.15, -0.1) is 0 Å². The molecule has 2 heterocycles. The molecule has 0 spiro atoms. The molecule has 4 rings (SSSR count). The van der Waals surface area contributed by atoms with Crippen LogP contribution in [0.4, 0.5) is 15.9 Å². The smallest absolute Gasteiger partial charge is 0.161 e. The zero-order chi connectivity index (χ0) is 16.5. The van der Waals surface area contributed by atoms with Gasteiger partial charge in [0, 0.05) is 16.3 Å². The van der Waals surface area contributed by atoms with E-state index in [1.54, 1.807) is 12.1 Å². The molecule has 1 N–H and O–H groups in total. The Kier molecular flexibility index (Phi) is 3.84. The average molecular weight is 357 g/mol. The van der Waals surface area contributed by atoms with E-state index in [0.29, 0.717) is 16.4 Å². The van der Waals surface area contributed by atoms with Crippen molar-refractivity contribution in [3.8, 4) is 10.6 Å². The van der Waals surface area contributed by atoms with Gasteiger partial charge in [0.2, 0.25) is 0 Å². The van der Waals surface area contributed by atoms with Crippen LogP contribution in [0.15, 0.2) is 54.9 Å². The number of nitrogens with one attached hydrogen (secondary N) is 1. The number of halogens is 2. The molecule has 0 bridgehead atoms. The summed E-state index contributed by atoms with van der Waals surface area (Å²) >= 11 is 7.52. The van der Waals surface area contributed by atoms with Crippen LogP contribution in [-0.4, -0.2) is 15.0 Å². The Bertz CT molecular complexity index is 1020. The minimum atomic E-state index is -0.287. The van der Waals surface area contributed by atoms with E-state index in [1.165, 1.54) is 29.8 Å². The number of benzene rings is 2. The van der Waals surface area contributed by atoms with Crippen LogP contribution in [-0.2, 0) is 0 Å². The predicted octanol–water partition coefficient (Wildman–Crippen LogP) is 5.29. The zero-order valence-corrected chi connectivity index (χ0v) is 13.8. The van der Waals surface area contributed by atoms with Crippen LogP contribution >= 0.6 is 22.9 Å². The molecule has 2 aromatic carbocycles. The molecule has 118 valence electrons. The summed E-state index contributed by atoms with van der Waals surface area (Å²) in [5.74, 6) is 0.293. The highest BCUT2D eigenvalue weighted by Crippen LogP contribution is 2.33. The van der Waals surface area contributed by atoms with Gasteiger partial charge in [-0.3, -0.25) is 0 Å². The molecule has 4 nitrogen and oxygen atoms in total. The van der Waals surface area contributed by atoms with E-state index in [4.69, 9.17) is 11.6 Å². The lowest BCUT2D eigenvalue weighted by Gasteiger charge is -2.05. The molecule has 0 aliphatic carbocycles. The highest BCUT2D eigenvalue weighted by molar-refractivity contribution is 7.21. The van der Waals surface area contributed by atoms with Crippen LogP contribution in [0, 0.1) is 5.82 Å². The average Bonchev–Trinajstić information content (AvgIpc) is 3.02. The van der Waals surface area contributed by atoms with Gasteiger partial charge in [-0.2, -0.15) is 0 Å². The summed E-state index contributed by atoms with van der Waals surface area (Å²) in [6.07, 6.45) is 1.48. The van der Waals surface area contributed by atoms with Gasteiger partial charge in [-0.25, -0.2) is 19.3 Å². The molecule has 0 aliphatic rings. The Hall–Kier alpha value is -2.57. The monoisotopic (exact) mass is 356 g/mol. The van der Waals surface area contributed by atoms with E-state index in [2.05, 4.69) is 20.3 Å². The van der Waals surface area contributed by atoms with Crippen molar-refractivity contribution in [2.24, 2.45) is 0 Å². The Balaban J connectivity index is 1.76. The van der Waals surface area contributed by atoms with Crippen molar-refractivity contribution in [3.63, 3.8) is 0 Å². The van der Waals surface area contributed by atoms with E-state index in [-0.39, 0.29) is 5.82 Å². The second kappa shape index (κ2) is 6.14. The van der Waals surface area contributed by atoms with Crippen molar-refractivity contribution >= 4 is 44.8 Å². The summed E-state index contributed by atoms with van der Waals surface area (Å²) in [6, 6.07) is 13.6. The van der Waals surface area contributed by atoms with Crippen molar-refractivity contribution in [3.05, 3.63) is 65.7 Å². The Morgan fingerprint density at radius 3 is 2.67 bits per heavy atom. The van der Waals surface area contributed by atoms with Crippen molar-refractivity contribution in [2.75, 3.05) is 5.32 Å². The summed E-state index contributed by atoms with van der Waals surface area (Å²) < 4.78 is 13.0. The SMILES string of the molecule is Fc1ccc(Nc2ncnc3sc(-c4cccc(Cl)c4)nc23)cc1. The van der Waals surface area contributed by atoms with Gasteiger partial charge in [0.25, 0.3) is 0 Å². The molecule has 4 aromatic rings. The van der Waals surface area contributed by atoms with Crippen LogP contribution < -0.4 is 5.32 Å². The Morgan fingerprint density at radius 2 is 1.88 bits per heavy atom. The van der Waals surface area contributed by atoms with Crippen molar-refractivity contribution < 1.29 is 4.39 Å². The van der Waals surface area contributed by atoms with Crippen LogP contribution in [0.3, 0.4) is 0 Å². The van der Waals surface area contributed by atoms with Gasteiger partial charge in [0.05, 0.1) is 0 Å². The van der Waals surface area contributed by atoms with Crippen LogP contribution in [0.25, 0.3) is 20.9 Å². The number of hydrogen-bond donors (Lipinski definition) is 1. The van der Waals surface area contributed by atoms with Gasteiger partial charge in [-0.1, -0.05) is 35.1 Å². The topological polar surface area (TPSA) is 50.7 Å². The third-order valence-electron chi connectivity index (χ3n) is 3.37. The first-order chi connectivity index (χ1) is 11.7. The molecule has 0 aliphatic heterocycles. The number of hydrogen-bond acceptors (Lipinski definition) is 5. The van der Waals surface area contributed by atoms with Crippen molar-refractivity contribution in [1.29, 1.82) is 0 Å². The molecule has 7 heteroatoms. The summed E-state index contributed by atoms with van der Waals surface area (Å²) in [5.41, 5.74) is 2.33. The molecule has 0 radical (unpaired) electrons. The van der Waals surface area contributed by atoms with E-state index < -0.39 is 0 Å². The van der Waals surface area contributed by atoms with Crippen molar-refractivity contribution in [1.82, 2.24) is 15.0 Å². The van der Waals surface area contributed by atoms with Crippen molar-refractivity contribution in [2.45, 2.75) is 0 Å². The Labute approximate surface area is 146 Å². The summed E-state index contributed by atoms with van der Waals surface area (Å²) in [6.45, 7) is 0. The number of rotatable bonds is 3. The molecule has 0 fully saturated rings. The molecule has 0 unspecified atom stereocenters. The molecule has 0 atom stereocenters. The van der Waals surface area contributed by atoms with Gasteiger partial charge in [0.1, 0.15) is 27.5 Å². The maximum Gasteiger partial charge on any atom is 0.161 e. The lowest BCUT2D eigenvalue weighted by molar-refractivity contribution is 0.628. The van der Waals surface area contributed by atoms with E-state index >= 15 is 0 Å². The molecule has 0 amide bonds. The third-order valence-corrected chi connectivity index (χ3v) is 4.62. The summed E-state index contributed by atoms with van der Waals surface area (Å²) in [4.78, 5) is 13.9. The maximum absolute atomic E-state index is 13.0. The molecule has 0 saturated carbocycles. The third kappa shape index (κ3) is 2.93. The van der Waals surface area contributed by atoms with E-state index in [1.807, 2.05) is 24.3 Å². The molecular formula is C17H10ClFN4S. The second-order valence-corrected chi connectivity index (χ2v) is 6.45. The van der Waals surface area contributed by atoms with Gasteiger partial charge >= 0.3 is 0 Å². The standard InChI is InChI=1S/C17H10ClFN4S/c18-11-3-1-2-10(8-11)16-23-14-15(20-9-21-17(14)24-16)22-13-6-4-12(19)5-7-13/h1-9H,(H,20,21,22). The minimum Gasteiger partial charge on any atom is -0.338 e. The first kappa shape index (κ1) is 15.0. The fourth-order valence-corrected chi connectivity index (χ4v) is 3.35. The van der Waals surface area contributed by atoms with Crippen LogP contribution in [0.1, 0.15) is 0 Å². The molecule has 2 aromatic heterocycles. The maximum atomic E-state index is 13.0. The lowest BCUT2D eigenvalue weighted by Crippen LogP contribution is -1.95. The molecule has 0 saturated heterocycles. The predicted molar refractivity (Wildman–Crippen MR) is 95.3 cm³/mol. The fraction of sp³-hybridized carbons (Fsp3) is 0. The van der Waals surface area contributed by atoms with Gasteiger partial charge in [-0.05, 0) is 36.4 Å². The van der Waals surface area contributed by atoms with E-state index in [9.17, 15) is 4.39 Å². The number of nitrogens with zero attached hydrogens (tertiary/aromatic N) is 3. The first-order valence-electron chi connectivity index (χ1n) is 7.09. The van der Waals surface area contributed by atoms with Gasteiger partial charge < -0.3 is 5.32 Å². The minimum absolute atomic E-state index is 0.287. The van der Waals surface area contributed by atoms with Gasteiger partial charge in [0.15, 0.2) is 5.82 Å². The highest BCUT2D eigenvalue weighted by atomic mass is 35.5. The molecular weight excluding hydrogens is 347 g/mol. The molecule has 24 heavy (non-hydrogen) atoms. The largest absolute Gasteiger partial charge is 0.338 e. The van der Waals surface area contributed by atoms with Crippen LogP contribution in [0.5, 0.6) is 0 Å². The summed E-state index contributed by atoms with van der Waals surface area (Å²) in [7, 11) is 0. The number of fused-ring (bicyclic) bond motifs is 1.